The van der Waals surface area contributed by atoms with Gasteiger partial charge in [0.2, 0.25) is 0 Å². The van der Waals surface area contributed by atoms with Gasteiger partial charge in [-0.2, -0.15) is 0 Å². The van der Waals surface area contributed by atoms with Gasteiger partial charge >= 0.3 is 12.1 Å². The Balaban J connectivity index is 2.36. The molecular formula is C16H16Cl2N2O7. The summed E-state index contributed by atoms with van der Waals surface area (Å²) in [6, 6.07) is 2.43. The molecule has 1 aromatic rings. The van der Waals surface area contributed by atoms with E-state index in [-0.39, 0.29) is 49.1 Å². The van der Waals surface area contributed by atoms with Gasteiger partial charge in [0.25, 0.3) is 10.5 Å². The van der Waals surface area contributed by atoms with E-state index < -0.39 is 22.5 Å². The van der Waals surface area contributed by atoms with Crippen molar-refractivity contribution < 1.29 is 33.4 Å². The molecule has 1 rings (SSSR count). The van der Waals surface area contributed by atoms with Crippen molar-refractivity contribution in [2.75, 3.05) is 26.4 Å². The highest BCUT2D eigenvalue weighted by molar-refractivity contribution is 6.68. The SMILES string of the molecule is C=C(C)C(=O)OCCNC(=O)OCCOc1cc(C(=O)Cl)nc(C(=O)Cl)c1. The van der Waals surface area contributed by atoms with Gasteiger partial charge in [0, 0.05) is 17.7 Å². The van der Waals surface area contributed by atoms with Crippen molar-refractivity contribution >= 4 is 45.7 Å². The number of rotatable bonds is 10. The average molecular weight is 419 g/mol. The lowest BCUT2D eigenvalue weighted by molar-refractivity contribution is -0.138. The van der Waals surface area contributed by atoms with Crippen molar-refractivity contribution in [3.05, 3.63) is 35.7 Å². The molecule has 27 heavy (non-hydrogen) atoms. The molecule has 0 atom stereocenters. The second kappa shape index (κ2) is 11.1. The predicted molar refractivity (Wildman–Crippen MR) is 95.2 cm³/mol. The average Bonchev–Trinajstić information content (AvgIpc) is 2.61. The molecular weight excluding hydrogens is 403 g/mol. The number of nitrogens with zero attached hydrogens (tertiary/aromatic N) is 1. The van der Waals surface area contributed by atoms with Gasteiger partial charge in [-0.3, -0.25) is 9.59 Å². The van der Waals surface area contributed by atoms with Crippen molar-refractivity contribution in [3.63, 3.8) is 0 Å². The molecule has 1 N–H and O–H groups in total. The molecule has 11 heteroatoms. The highest BCUT2D eigenvalue weighted by atomic mass is 35.5. The van der Waals surface area contributed by atoms with E-state index in [4.69, 9.17) is 37.4 Å². The third kappa shape index (κ3) is 8.52. The minimum atomic E-state index is -0.886. The van der Waals surface area contributed by atoms with Gasteiger partial charge in [-0.25, -0.2) is 14.6 Å². The summed E-state index contributed by atoms with van der Waals surface area (Å²) >= 11 is 10.7. The van der Waals surface area contributed by atoms with E-state index in [1.54, 1.807) is 0 Å². The molecule has 0 aliphatic rings. The second-order valence-electron chi connectivity index (χ2n) is 4.95. The van der Waals surface area contributed by atoms with Crippen LogP contribution in [0.2, 0.25) is 0 Å². The third-order valence-electron chi connectivity index (χ3n) is 2.74. The first-order chi connectivity index (χ1) is 12.7. The van der Waals surface area contributed by atoms with Crippen LogP contribution < -0.4 is 10.1 Å². The molecule has 0 radical (unpaired) electrons. The zero-order valence-corrected chi connectivity index (χ0v) is 15.8. The molecule has 9 nitrogen and oxygen atoms in total. The van der Waals surface area contributed by atoms with Crippen LogP contribution >= 0.6 is 23.2 Å². The first-order valence-corrected chi connectivity index (χ1v) is 8.24. The summed E-state index contributed by atoms with van der Waals surface area (Å²) in [5, 5.41) is 0.593. The third-order valence-corrected chi connectivity index (χ3v) is 3.13. The number of halogens is 2. The maximum atomic E-state index is 11.4. The predicted octanol–water partition coefficient (Wildman–Crippen LogP) is 2.06. The lowest BCUT2D eigenvalue weighted by Crippen LogP contribution is -2.29. The fourth-order valence-electron chi connectivity index (χ4n) is 1.56. The smallest absolute Gasteiger partial charge is 0.407 e. The molecule has 0 aliphatic carbocycles. The van der Waals surface area contributed by atoms with Gasteiger partial charge in [0.15, 0.2) is 0 Å². The number of nitrogens with one attached hydrogen (secondary N) is 1. The number of ether oxygens (including phenoxy) is 3. The molecule has 146 valence electrons. The zero-order chi connectivity index (χ0) is 20.4. The number of amides is 1. The Morgan fingerprint density at radius 1 is 1.04 bits per heavy atom. The Hall–Kier alpha value is -2.65. The summed E-state index contributed by atoms with van der Waals surface area (Å²) in [6.45, 7) is 4.75. The van der Waals surface area contributed by atoms with Crippen LogP contribution in [0.3, 0.4) is 0 Å². The fraction of sp³-hybridized carbons (Fsp3) is 0.312. The lowest BCUT2D eigenvalue weighted by atomic mass is 10.3. The number of aromatic nitrogens is 1. The number of alkyl carbamates (subject to hydrolysis) is 1. The fourth-order valence-corrected chi connectivity index (χ4v) is 1.75. The van der Waals surface area contributed by atoms with Gasteiger partial charge in [-0.15, -0.1) is 0 Å². The molecule has 0 bridgehead atoms. The highest BCUT2D eigenvalue weighted by Gasteiger charge is 2.13. The Morgan fingerprint density at radius 2 is 1.63 bits per heavy atom. The molecule has 0 saturated carbocycles. The summed E-state index contributed by atoms with van der Waals surface area (Å²) in [7, 11) is 0. The van der Waals surface area contributed by atoms with Gasteiger partial charge in [0.1, 0.15) is 37.0 Å². The van der Waals surface area contributed by atoms with Crippen LogP contribution in [0.5, 0.6) is 5.75 Å². The van der Waals surface area contributed by atoms with Gasteiger partial charge in [-0.05, 0) is 30.1 Å². The van der Waals surface area contributed by atoms with E-state index in [9.17, 15) is 19.2 Å². The lowest BCUT2D eigenvalue weighted by Gasteiger charge is -2.10. The van der Waals surface area contributed by atoms with E-state index in [2.05, 4.69) is 16.9 Å². The summed E-state index contributed by atoms with van der Waals surface area (Å²) in [5.41, 5.74) is -0.161. The number of hydrogen-bond acceptors (Lipinski definition) is 8. The van der Waals surface area contributed by atoms with E-state index in [0.29, 0.717) is 0 Å². The van der Waals surface area contributed by atoms with Crippen molar-refractivity contribution in [2.45, 2.75) is 6.92 Å². The molecule has 0 aliphatic heterocycles. The van der Waals surface area contributed by atoms with Crippen LogP contribution in [0.4, 0.5) is 4.79 Å². The Labute approximate surface area is 164 Å². The van der Waals surface area contributed by atoms with Crippen LogP contribution in [-0.4, -0.2) is 53.9 Å². The molecule has 0 fully saturated rings. The second-order valence-corrected chi connectivity index (χ2v) is 5.63. The summed E-state index contributed by atoms with van der Waals surface area (Å²) in [4.78, 5) is 48.6. The molecule has 0 saturated heterocycles. The van der Waals surface area contributed by atoms with Gasteiger partial charge < -0.3 is 19.5 Å². The molecule has 0 spiro atoms. The molecule has 1 amide bonds. The maximum absolute atomic E-state index is 11.4. The van der Waals surface area contributed by atoms with Crippen LogP contribution in [0, 0.1) is 0 Å². The minimum Gasteiger partial charge on any atom is -0.490 e. The van der Waals surface area contributed by atoms with E-state index in [1.807, 2.05) is 0 Å². The first-order valence-electron chi connectivity index (χ1n) is 7.48. The van der Waals surface area contributed by atoms with E-state index >= 15 is 0 Å². The monoisotopic (exact) mass is 418 g/mol. The van der Waals surface area contributed by atoms with Gasteiger partial charge in [0.05, 0.1) is 6.54 Å². The largest absolute Gasteiger partial charge is 0.490 e. The van der Waals surface area contributed by atoms with E-state index in [1.165, 1.54) is 19.1 Å². The quantitative estimate of drug-likeness (QED) is 0.265. The Morgan fingerprint density at radius 3 is 2.15 bits per heavy atom. The minimum absolute atomic E-state index is 0.0290. The van der Waals surface area contributed by atoms with Crippen LogP contribution in [0.25, 0.3) is 0 Å². The highest BCUT2D eigenvalue weighted by Crippen LogP contribution is 2.17. The van der Waals surface area contributed by atoms with Crippen LogP contribution in [0.1, 0.15) is 27.9 Å². The Kier molecular flexibility index (Phi) is 9.24. The van der Waals surface area contributed by atoms with Crippen molar-refractivity contribution in [2.24, 2.45) is 0 Å². The molecule has 1 heterocycles. The number of esters is 1. The zero-order valence-electron chi connectivity index (χ0n) is 14.3. The van der Waals surface area contributed by atoms with Crippen molar-refractivity contribution in [1.82, 2.24) is 10.3 Å². The molecule has 0 aromatic carbocycles. The summed E-state index contributed by atoms with van der Waals surface area (Å²) < 4.78 is 14.9. The summed E-state index contributed by atoms with van der Waals surface area (Å²) in [6.07, 6.45) is -0.743. The van der Waals surface area contributed by atoms with Gasteiger partial charge in [-0.1, -0.05) is 6.58 Å². The first kappa shape index (κ1) is 22.4. The molecule has 0 unspecified atom stereocenters. The number of pyridine rings is 1. The topological polar surface area (TPSA) is 121 Å². The molecule has 1 aromatic heterocycles. The Bertz CT molecular complexity index is 720. The van der Waals surface area contributed by atoms with Crippen LogP contribution in [-0.2, 0) is 14.3 Å². The van der Waals surface area contributed by atoms with Crippen LogP contribution in [0.15, 0.2) is 24.3 Å². The summed E-state index contributed by atoms with van der Waals surface area (Å²) in [5.74, 6) is -0.450. The van der Waals surface area contributed by atoms with Crippen molar-refractivity contribution in [1.29, 1.82) is 0 Å². The number of carbonyl (C=O) groups is 4. The van der Waals surface area contributed by atoms with Crippen molar-refractivity contribution in [3.8, 4) is 5.75 Å². The van der Waals surface area contributed by atoms with E-state index in [0.717, 1.165) is 0 Å². The number of carbonyl (C=O) groups excluding carboxylic acids is 4. The standard InChI is InChI=1S/C16H16Cl2N2O7/c1-9(2)15(23)26-4-3-19-16(24)27-6-5-25-10-7-11(13(17)21)20-12(8-10)14(18)22/h7-8H,1,3-6H2,2H3,(H,19,24). The maximum Gasteiger partial charge on any atom is 0.407 e. The number of hydrogen-bond donors (Lipinski definition) is 1. The normalized spacial score (nSPS) is 9.89.